The zero-order valence-electron chi connectivity index (χ0n) is 13.3. The molecule has 0 amide bonds. The number of rotatable bonds is 1. The highest BCUT2D eigenvalue weighted by Gasteiger charge is 3.03. The fraction of sp³-hybridized carbons (Fsp3) is 0.471. The summed E-state index contributed by atoms with van der Waals surface area (Å²) in [6.07, 6.45) is -0.195. The maximum atomic E-state index is 10.2. The minimum absolute atomic E-state index is 0.195. The van der Waals surface area contributed by atoms with Crippen LogP contribution in [0, 0.1) is 33.5 Å². The lowest BCUT2D eigenvalue weighted by Crippen LogP contribution is -2.90. The van der Waals surface area contributed by atoms with Gasteiger partial charge in [-0.1, -0.05) is 35.0 Å². The molecule has 1 saturated carbocycles. The second-order valence-corrected chi connectivity index (χ2v) is 7.67. The van der Waals surface area contributed by atoms with Crippen molar-refractivity contribution in [1.82, 2.24) is 0 Å². The van der Waals surface area contributed by atoms with Crippen molar-refractivity contribution in [1.29, 1.82) is 10.5 Å². The van der Waals surface area contributed by atoms with Crippen LogP contribution in [-0.2, 0) is 14.9 Å². The Balaban J connectivity index is 1.98. The van der Waals surface area contributed by atoms with Crippen LogP contribution < -0.4 is 10.7 Å². The van der Waals surface area contributed by atoms with Crippen molar-refractivity contribution in [2.75, 3.05) is 6.61 Å². The molecule has 3 N–H and O–H groups in total. The van der Waals surface area contributed by atoms with E-state index in [0.29, 0.717) is 6.61 Å². The van der Waals surface area contributed by atoms with Gasteiger partial charge < -0.3 is 9.47 Å². The summed E-state index contributed by atoms with van der Waals surface area (Å²) in [6, 6.07) is 12.2. The smallest absolute Gasteiger partial charge is 0.311 e. The first kappa shape index (κ1) is 15.6. The Morgan fingerprint density at radius 3 is 2.46 bits per heavy atom. The van der Waals surface area contributed by atoms with Crippen LogP contribution in [0.4, 0.5) is 0 Å². The molecule has 2 aliphatic heterocycles. The Labute approximate surface area is 148 Å². The fourth-order valence-corrected chi connectivity index (χ4v) is 4.98. The van der Waals surface area contributed by atoms with Gasteiger partial charge in [0.25, 0.3) is 5.84 Å². The second-order valence-electron chi connectivity index (χ2n) is 6.75. The summed E-state index contributed by atoms with van der Waals surface area (Å²) in [5.74, 6) is -1.17. The maximum Gasteiger partial charge on any atom is 0.344 e. The molecule has 2 heterocycles. The number of halogens is 1. The predicted molar refractivity (Wildman–Crippen MR) is 87.0 cm³/mol. The minimum Gasteiger partial charge on any atom is -0.311 e. The number of nitriles is 2. The van der Waals surface area contributed by atoms with Gasteiger partial charge in [-0.25, -0.2) is 4.99 Å². The molecule has 0 radical (unpaired) electrons. The van der Waals surface area contributed by atoms with Gasteiger partial charge in [0, 0.05) is 4.47 Å². The van der Waals surface area contributed by atoms with E-state index in [1.165, 1.54) is 0 Å². The molecule has 7 heteroatoms. The van der Waals surface area contributed by atoms with E-state index in [1.807, 2.05) is 38.1 Å². The number of hydrogen-bond acceptors (Lipinski definition) is 5. The summed E-state index contributed by atoms with van der Waals surface area (Å²) in [5, 5.41) is 20.2. The quantitative estimate of drug-likeness (QED) is 0.719. The number of amidine groups is 1. The van der Waals surface area contributed by atoms with E-state index < -0.39 is 22.2 Å². The summed E-state index contributed by atoms with van der Waals surface area (Å²) in [5.41, 5.74) is 3.76. The van der Waals surface area contributed by atoms with Crippen molar-refractivity contribution in [2.45, 2.75) is 31.3 Å². The molecule has 1 aliphatic carbocycles. The maximum absolute atomic E-state index is 10.2. The lowest BCUT2D eigenvalue weighted by Gasteiger charge is -2.27. The molecule has 0 bridgehead atoms. The first-order chi connectivity index (χ1) is 11.3. The van der Waals surface area contributed by atoms with E-state index in [-0.39, 0.29) is 11.9 Å². The van der Waals surface area contributed by atoms with E-state index in [4.69, 9.17) is 15.2 Å². The SMILES string of the molecule is C[C@@H]1CO[C@]2([NH+]=C(N)[C@@]3(C#N)[C@](C)(c4ccc(Br)cc4)[C@@]23C#N)O1. The molecule has 1 aromatic rings. The lowest BCUT2D eigenvalue weighted by molar-refractivity contribution is -0.679. The summed E-state index contributed by atoms with van der Waals surface area (Å²) >= 11 is 3.41. The van der Waals surface area contributed by atoms with Gasteiger partial charge in [-0.3, -0.25) is 5.73 Å². The average Bonchev–Trinajstić information content (AvgIpc) is 2.75. The first-order valence-electron chi connectivity index (χ1n) is 7.66. The molecule has 24 heavy (non-hydrogen) atoms. The van der Waals surface area contributed by atoms with Gasteiger partial charge in [0.2, 0.25) is 0 Å². The number of nitrogens with one attached hydrogen (secondary N) is 1. The molecule has 4 rings (SSSR count). The van der Waals surface area contributed by atoms with Crippen molar-refractivity contribution in [3.8, 4) is 12.1 Å². The Bertz CT molecular complexity index is 857. The first-order valence-corrected chi connectivity index (χ1v) is 8.46. The molecule has 0 unspecified atom stereocenters. The van der Waals surface area contributed by atoms with Crippen molar-refractivity contribution in [2.24, 2.45) is 16.6 Å². The third-order valence-electron chi connectivity index (χ3n) is 5.84. The standard InChI is InChI=1S/C17H15BrN4O2/c1-10-7-23-17(24-10)16(9-20)14(2,11-3-5-12(18)6-4-11)15(16,8-19)13(21)22-17/h3-6,10H,7H2,1-2H3,(H2,21,22)/p+1/t10-,14+,15+,16-,17+/m1/s1. The highest BCUT2D eigenvalue weighted by atomic mass is 79.9. The molecule has 1 spiro atoms. The van der Waals surface area contributed by atoms with Crippen LogP contribution in [0.1, 0.15) is 19.4 Å². The predicted octanol–water partition coefficient (Wildman–Crippen LogP) is 0.281. The van der Waals surface area contributed by atoms with Gasteiger partial charge in [-0.2, -0.15) is 10.5 Å². The highest BCUT2D eigenvalue weighted by Crippen LogP contribution is 2.82. The van der Waals surface area contributed by atoms with E-state index in [0.717, 1.165) is 10.0 Å². The molecule has 6 nitrogen and oxygen atoms in total. The van der Waals surface area contributed by atoms with E-state index in [2.05, 4.69) is 33.1 Å². The molecular formula is C17H16BrN4O2+. The zero-order chi connectivity index (χ0) is 17.4. The van der Waals surface area contributed by atoms with Crippen molar-refractivity contribution >= 4 is 21.8 Å². The van der Waals surface area contributed by atoms with Gasteiger partial charge >= 0.3 is 5.91 Å². The van der Waals surface area contributed by atoms with Gasteiger partial charge in [0.1, 0.15) is 0 Å². The highest BCUT2D eigenvalue weighted by molar-refractivity contribution is 9.10. The van der Waals surface area contributed by atoms with Gasteiger partial charge in [0.05, 0.1) is 30.3 Å². The monoisotopic (exact) mass is 387 g/mol. The van der Waals surface area contributed by atoms with Crippen LogP contribution in [0.5, 0.6) is 0 Å². The molecule has 1 saturated heterocycles. The number of benzene rings is 1. The van der Waals surface area contributed by atoms with E-state index in [9.17, 15) is 10.5 Å². The number of nitrogens with two attached hydrogens (primary N) is 1. The molecule has 122 valence electrons. The largest absolute Gasteiger partial charge is 0.344 e. The number of hydrogen-bond donors (Lipinski definition) is 2. The third-order valence-corrected chi connectivity index (χ3v) is 6.37. The van der Waals surface area contributed by atoms with Crippen molar-refractivity contribution < 1.29 is 14.5 Å². The molecule has 3 aliphatic rings. The van der Waals surface area contributed by atoms with E-state index in [1.54, 1.807) is 0 Å². The van der Waals surface area contributed by atoms with Gasteiger partial charge in [-0.15, -0.1) is 0 Å². The zero-order valence-corrected chi connectivity index (χ0v) is 14.8. The van der Waals surface area contributed by atoms with Crippen LogP contribution in [-0.4, -0.2) is 24.5 Å². The molecule has 5 atom stereocenters. The topological polar surface area (TPSA) is 106 Å². The van der Waals surface area contributed by atoms with Crippen LogP contribution in [0.25, 0.3) is 0 Å². The minimum atomic E-state index is -1.40. The Hall–Kier alpha value is -1.93. The van der Waals surface area contributed by atoms with Gasteiger partial charge in [-0.05, 0) is 24.6 Å². The van der Waals surface area contributed by atoms with Crippen LogP contribution in [0.2, 0.25) is 0 Å². The summed E-state index contributed by atoms with van der Waals surface area (Å²) in [7, 11) is 0. The molecule has 1 aromatic carbocycles. The Kier molecular flexibility index (Phi) is 2.84. The summed E-state index contributed by atoms with van der Waals surface area (Å²) < 4.78 is 12.8. The van der Waals surface area contributed by atoms with E-state index >= 15 is 0 Å². The van der Waals surface area contributed by atoms with Crippen LogP contribution in [0.3, 0.4) is 0 Å². The third kappa shape index (κ3) is 1.26. The Morgan fingerprint density at radius 2 is 1.96 bits per heavy atom. The molecule has 2 fully saturated rings. The Morgan fingerprint density at radius 1 is 1.29 bits per heavy atom. The normalized spacial score (nSPS) is 45.4. The van der Waals surface area contributed by atoms with Crippen molar-refractivity contribution in [3.05, 3.63) is 34.3 Å². The van der Waals surface area contributed by atoms with Crippen LogP contribution in [0.15, 0.2) is 28.7 Å². The lowest BCUT2D eigenvalue weighted by atomic mass is 9.85. The summed E-state index contributed by atoms with van der Waals surface area (Å²) in [4.78, 5) is 2.97. The average molecular weight is 388 g/mol. The van der Waals surface area contributed by atoms with Crippen molar-refractivity contribution in [3.63, 3.8) is 0 Å². The van der Waals surface area contributed by atoms with Crippen LogP contribution >= 0.6 is 15.9 Å². The number of fused-ring (bicyclic) bond motifs is 2. The number of ether oxygens (including phenoxy) is 2. The molecular weight excluding hydrogens is 372 g/mol. The summed E-state index contributed by atoms with van der Waals surface area (Å²) in [6.45, 7) is 4.08. The van der Waals surface area contributed by atoms with Gasteiger partial charge in [0.15, 0.2) is 10.8 Å². The number of nitrogens with zero attached hydrogens (tertiary/aromatic N) is 2. The molecule has 0 aromatic heterocycles. The fourth-order valence-electron chi connectivity index (χ4n) is 4.72. The second kappa shape index (κ2) is 4.37.